The number of likely N-dealkylation sites (N-methyl/N-ethyl adjacent to an activating group) is 1. The second-order valence-corrected chi connectivity index (χ2v) is 4.39. The molecule has 0 saturated carbocycles. The van der Waals surface area contributed by atoms with Gasteiger partial charge in [0.2, 0.25) is 0 Å². The standard InChI is InChI=1S/C21H27N/c1-8-14-17(11-4)19(16-10-3)21(20(13-6)22-7)18(12-5)15-9-2/h9-16,22H,2-6,8H2,1,7H3/b17-14-,18-15+,19-16+,21-20+. The molecule has 0 rings (SSSR count). The lowest BCUT2D eigenvalue weighted by atomic mass is 9.88. The molecule has 0 aliphatic rings. The fourth-order valence-electron chi connectivity index (χ4n) is 2.13. The fourth-order valence-corrected chi connectivity index (χ4v) is 2.13. The van der Waals surface area contributed by atoms with Crippen molar-refractivity contribution < 1.29 is 0 Å². The van der Waals surface area contributed by atoms with E-state index >= 15 is 0 Å². The van der Waals surface area contributed by atoms with E-state index in [1.807, 2.05) is 25.3 Å². The van der Waals surface area contributed by atoms with Gasteiger partial charge in [0, 0.05) is 18.3 Å². The maximum atomic E-state index is 3.93. The van der Waals surface area contributed by atoms with Gasteiger partial charge >= 0.3 is 0 Å². The van der Waals surface area contributed by atoms with Crippen LogP contribution in [0.4, 0.5) is 0 Å². The van der Waals surface area contributed by atoms with Crippen molar-refractivity contribution in [2.24, 2.45) is 0 Å². The molecule has 0 aliphatic carbocycles. The Morgan fingerprint density at radius 2 is 1.45 bits per heavy atom. The summed E-state index contributed by atoms with van der Waals surface area (Å²) in [5, 5.41) is 3.19. The average Bonchev–Trinajstić information content (AvgIpc) is 2.54. The molecule has 22 heavy (non-hydrogen) atoms. The highest BCUT2D eigenvalue weighted by molar-refractivity contribution is 5.65. The quantitative estimate of drug-likeness (QED) is 0.518. The smallest absolute Gasteiger partial charge is 0.0417 e. The lowest BCUT2D eigenvalue weighted by molar-refractivity contribution is 1.01. The van der Waals surface area contributed by atoms with Crippen molar-refractivity contribution in [2.75, 3.05) is 7.05 Å². The van der Waals surface area contributed by atoms with Crippen molar-refractivity contribution >= 4 is 0 Å². The maximum absolute atomic E-state index is 3.93. The van der Waals surface area contributed by atoms with Crippen LogP contribution in [-0.2, 0) is 0 Å². The zero-order chi connectivity index (χ0) is 17.0. The monoisotopic (exact) mass is 293 g/mol. The Hall–Kier alpha value is -2.54. The number of nitrogens with one attached hydrogen (secondary N) is 1. The molecule has 0 fully saturated rings. The van der Waals surface area contributed by atoms with Crippen molar-refractivity contribution in [2.45, 2.75) is 13.3 Å². The van der Waals surface area contributed by atoms with Crippen LogP contribution in [0.3, 0.4) is 0 Å². The van der Waals surface area contributed by atoms with Crippen LogP contribution in [-0.4, -0.2) is 7.05 Å². The molecule has 1 heteroatoms. The van der Waals surface area contributed by atoms with Gasteiger partial charge in [0.05, 0.1) is 0 Å². The van der Waals surface area contributed by atoms with Gasteiger partial charge in [-0.05, 0) is 29.2 Å². The summed E-state index contributed by atoms with van der Waals surface area (Å²) in [7, 11) is 1.87. The van der Waals surface area contributed by atoms with Gasteiger partial charge < -0.3 is 5.32 Å². The van der Waals surface area contributed by atoms with Crippen molar-refractivity contribution in [1.82, 2.24) is 5.32 Å². The topological polar surface area (TPSA) is 12.0 Å². The summed E-state index contributed by atoms with van der Waals surface area (Å²) in [5.74, 6) is 0. The molecule has 0 aromatic heterocycles. The molecular weight excluding hydrogens is 266 g/mol. The first kappa shape index (κ1) is 19.5. The Labute approximate surface area is 135 Å². The average molecular weight is 293 g/mol. The summed E-state index contributed by atoms with van der Waals surface area (Å²) in [4.78, 5) is 0. The highest BCUT2D eigenvalue weighted by atomic mass is 14.8. The highest BCUT2D eigenvalue weighted by Crippen LogP contribution is 2.30. The van der Waals surface area contributed by atoms with Crippen LogP contribution in [0.1, 0.15) is 13.3 Å². The SMILES string of the molecule is C=C/C=C(C=C)/C(C(=C/C=C)/C(C=C)=C\CC)=C(/C=C)NC. The highest BCUT2D eigenvalue weighted by Gasteiger charge is 2.14. The van der Waals surface area contributed by atoms with E-state index in [1.165, 1.54) is 0 Å². The molecule has 0 aromatic carbocycles. The van der Waals surface area contributed by atoms with Crippen LogP contribution in [0.15, 0.2) is 109 Å². The Balaban J connectivity index is 6.66. The molecule has 0 amide bonds. The first-order valence-electron chi connectivity index (χ1n) is 7.31. The van der Waals surface area contributed by atoms with Crippen molar-refractivity contribution in [3.63, 3.8) is 0 Å². The molecule has 0 bridgehead atoms. The van der Waals surface area contributed by atoms with E-state index in [2.05, 4.69) is 51.2 Å². The minimum absolute atomic E-state index is 0.907. The fraction of sp³-hybridized carbons (Fsp3) is 0.143. The number of rotatable bonds is 10. The molecule has 0 heterocycles. The van der Waals surface area contributed by atoms with E-state index in [4.69, 9.17) is 0 Å². The molecule has 0 aliphatic heterocycles. The van der Waals surface area contributed by atoms with Gasteiger partial charge in [0.15, 0.2) is 0 Å². The van der Waals surface area contributed by atoms with Gasteiger partial charge in [-0.1, -0.05) is 82.4 Å². The molecule has 0 spiro atoms. The molecule has 0 aromatic rings. The van der Waals surface area contributed by atoms with Crippen molar-refractivity contribution in [3.8, 4) is 0 Å². The van der Waals surface area contributed by atoms with Crippen molar-refractivity contribution in [1.29, 1.82) is 0 Å². The Morgan fingerprint density at radius 3 is 1.82 bits per heavy atom. The second kappa shape index (κ2) is 11.2. The third kappa shape index (κ3) is 5.10. The summed E-state index contributed by atoms with van der Waals surface area (Å²) < 4.78 is 0. The predicted octanol–water partition coefficient (Wildman–Crippen LogP) is 5.58. The molecule has 116 valence electrons. The van der Waals surface area contributed by atoms with Crippen LogP contribution in [0, 0.1) is 0 Å². The Morgan fingerprint density at radius 1 is 0.864 bits per heavy atom. The second-order valence-electron chi connectivity index (χ2n) is 4.39. The van der Waals surface area contributed by atoms with E-state index < -0.39 is 0 Å². The summed E-state index contributed by atoms with van der Waals surface area (Å²) >= 11 is 0. The van der Waals surface area contributed by atoms with Crippen LogP contribution < -0.4 is 5.32 Å². The molecule has 1 N–H and O–H groups in total. The van der Waals surface area contributed by atoms with Gasteiger partial charge in [0.25, 0.3) is 0 Å². The van der Waals surface area contributed by atoms with Crippen LogP contribution in [0.25, 0.3) is 0 Å². The molecule has 0 unspecified atom stereocenters. The van der Waals surface area contributed by atoms with Crippen LogP contribution in [0.2, 0.25) is 0 Å². The molecule has 0 radical (unpaired) electrons. The lowest BCUT2D eigenvalue weighted by Crippen LogP contribution is -2.10. The van der Waals surface area contributed by atoms with Gasteiger partial charge in [0.1, 0.15) is 0 Å². The third-order valence-corrected chi connectivity index (χ3v) is 3.06. The molecule has 1 nitrogen and oxygen atoms in total. The Bertz CT molecular complexity index is 563. The summed E-state index contributed by atoms with van der Waals surface area (Å²) in [6, 6.07) is 0. The van der Waals surface area contributed by atoms with Gasteiger partial charge in [-0.15, -0.1) is 0 Å². The van der Waals surface area contributed by atoms with Crippen LogP contribution in [0.5, 0.6) is 0 Å². The van der Waals surface area contributed by atoms with Gasteiger partial charge in [-0.3, -0.25) is 0 Å². The minimum atomic E-state index is 0.907. The van der Waals surface area contributed by atoms with E-state index in [0.29, 0.717) is 0 Å². The predicted molar refractivity (Wildman–Crippen MR) is 102 cm³/mol. The van der Waals surface area contributed by atoms with Crippen LogP contribution >= 0.6 is 0 Å². The molecule has 0 atom stereocenters. The maximum Gasteiger partial charge on any atom is 0.0417 e. The van der Waals surface area contributed by atoms with E-state index in [9.17, 15) is 0 Å². The Kier molecular flexibility index (Phi) is 9.87. The summed E-state index contributed by atoms with van der Waals surface area (Å²) in [5.41, 5.74) is 4.92. The van der Waals surface area contributed by atoms with Gasteiger partial charge in [-0.25, -0.2) is 0 Å². The van der Waals surface area contributed by atoms with Crippen molar-refractivity contribution in [3.05, 3.63) is 109 Å². The zero-order valence-electron chi connectivity index (χ0n) is 13.9. The lowest BCUT2D eigenvalue weighted by Gasteiger charge is -2.18. The zero-order valence-corrected chi connectivity index (χ0v) is 13.9. The third-order valence-electron chi connectivity index (χ3n) is 3.06. The van der Waals surface area contributed by atoms with Gasteiger partial charge in [-0.2, -0.15) is 0 Å². The summed E-state index contributed by atoms with van der Waals surface area (Å²) in [6.45, 7) is 21.4. The molecule has 0 saturated heterocycles. The number of allylic oxidation sites excluding steroid dienone is 12. The van der Waals surface area contributed by atoms with E-state index in [0.717, 1.165) is 34.4 Å². The summed E-state index contributed by atoms with van der Waals surface area (Å²) in [6.07, 6.45) is 15.9. The van der Waals surface area contributed by atoms with E-state index in [1.54, 1.807) is 24.3 Å². The largest absolute Gasteiger partial charge is 0.388 e. The molecular formula is C21H27N. The first-order valence-corrected chi connectivity index (χ1v) is 7.31. The number of hydrogen-bond acceptors (Lipinski definition) is 1. The van der Waals surface area contributed by atoms with E-state index in [-0.39, 0.29) is 0 Å². The normalized spacial score (nSPS) is 13.8. The first-order chi connectivity index (χ1) is 10.6. The number of hydrogen-bond donors (Lipinski definition) is 1. The minimum Gasteiger partial charge on any atom is -0.388 e.